The van der Waals surface area contributed by atoms with Crippen LogP contribution in [0.5, 0.6) is 0 Å². The minimum atomic E-state index is 0.861. The van der Waals surface area contributed by atoms with E-state index in [0.29, 0.717) is 0 Å². The molecule has 2 rings (SSSR count). The molecule has 2 aromatic heterocycles. The number of nitrogens with zero attached hydrogens (tertiary/aromatic N) is 3. The van der Waals surface area contributed by atoms with Gasteiger partial charge in [-0.3, -0.25) is 0 Å². The summed E-state index contributed by atoms with van der Waals surface area (Å²) >= 11 is 0. The van der Waals surface area contributed by atoms with Crippen molar-refractivity contribution in [2.75, 3.05) is 12.4 Å². The van der Waals surface area contributed by atoms with Crippen molar-refractivity contribution in [2.45, 2.75) is 13.3 Å². The zero-order valence-corrected chi connectivity index (χ0v) is 7.78. The molecule has 13 heavy (non-hydrogen) atoms. The summed E-state index contributed by atoms with van der Waals surface area (Å²) in [6.45, 7) is 2.09. The van der Waals surface area contributed by atoms with Crippen LogP contribution < -0.4 is 5.32 Å². The molecule has 0 aromatic carbocycles. The van der Waals surface area contributed by atoms with Gasteiger partial charge in [0.25, 0.3) is 0 Å². The van der Waals surface area contributed by atoms with Crippen molar-refractivity contribution in [3.05, 3.63) is 24.0 Å². The third kappa shape index (κ3) is 1.24. The molecule has 1 N–H and O–H groups in total. The number of imidazole rings is 1. The normalized spacial score (nSPS) is 10.6. The van der Waals surface area contributed by atoms with Crippen molar-refractivity contribution in [2.24, 2.45) is 0 Å². The van der Waals surface area contributed by atoms with Gasteiger partial charge in [-0.15, -0.1) is 5.10 Å². The second-order valence-corrected chi connectivity index (χ2v) is 2.84. The van der Waals surface area contributed by atoms with Crippen LogP contribution >= 0.6 is 0 Å². The molecule has 2 aromatic rings. The van der Waals surface area contributed by atoms with E-state index in [1.54, 1.807) is 0 Å². The Kier molecular flexibility index (Phi) is 1.88. The fourth-order valence-electron chi connectivity index (χ4n) is 1.30. The van der Waals surface area contributed by atoms with Gasteiger partial charge in [0, 0.05) is 7.05 Å². The van der Waals surface area contributed by atoms with Crippen LogP contribution in [0.4, 0.5) is 5.82 Å². The molecular formula is C9H12N4. The minimum Gasteiger partial charge on any atom is -0.372 e. The second-order valence-electron chi connectivity index (χ2n) is 2.84. The molecule has 0 aliphatic heterocycles. The van der Waals surface area contributed by atoms with Crippen molar-refractivity contribution in [3.63, 3.8) is 0 Å². The molecule has 0 fully saturated rings. The lowest BCUT2D eigenvalue weighted by atomic mass is 10.4. The van der Waals surface area contributed by atoms with Crippen LogP contribution in [0.15, 0.2) is 18.3 Å². The number of rotatable bonds is 2. The van der Waals surface area contributed by atoms with E-state index in [4.69, 9.17) is 0 Å². The molecule has 0 aliphatic carbocycles. The number of aryl methyl sites for hydroxylation is 1. The Labute approximate surface area is 76.6 Å². The van der Waals surface area contributed by atoms with Gasteiger partial charge in [0.05, 0.1) is 11.9 Å². The first-order valence-corrected chi connectivity index (χ1v) is 4.36. The van der Waals surface area contributed by atoms with Crippen LogP contribution in [0, 0.1) is 0 Å². The number of hydrogen-bond donors (Lipinski definition) is 1. The van der Waals surface area contributed by atoms with Crippen LogP contribution in [-0.2, 0) is 6.42 Å². The Bertz CT molecular complexity index is 418. The van der Waals surface area contributed by atoms with Crippen LogP contribution in [0.2, 0.25) is 0 Å². The summed E-state index contributed by atoms with van der Waals surface area (Å²) in [7, 11) is 1.86. The summed E-state index contributed by atoms with van der Waals surface area (Å²) in [5.41, 5.74) is 2.03. The van der Waals surface area contributed by atoms with Crippen molar-refractivity contribution in [1.29, 1.82) is 0 Å². The van der Waals surface area contributed by atoms with E-state index in [1.165, 1.54) is 0 Å². The Morgan fingerprint density at radius 1 is 1.46 bits per heavy atom. The zero-order chi connectivity index (χ0) is 9.26. The van der Waals surface area contributed by atoms with Gasteiger partial charge in [0.2, 0.25) is 0 Å². The molecule has 68 valence electrons. The highest BCUT2D eigenvalue weighted by atomic mass is 15.3. The molecule has 0 spiro atoms. The molecule has 0 aliphatic rings. The van der Waals surface area contributed by atoms with Gasteiger partial charge in [0.1, 0.15) is 5.82 Å². The number of nitrogens with one attached hydrogen (secondary N) is 1. The molecule has 0 atom stereocenters. The van der Waals surface area contributed by atoms with Gasteiger partial charge in [-0.2, -0.15) is 0 Å². The number of fused-ring (bicyclic) bond motifs is 1. The summed E-state index contributed by atoms with van der Waals surface area (Å²) in [5.74, 6) is 0.861. The van der Waals surface area contributed by atoms with E-state index < -0.39 is 0 Å². The minimum absolute atomic E-state index is 0.861. The SMILES string of the molecule is CCc1cnc2ccc(NC)nn12. The molecule has 4 heteroatoms. The average molecular weight is 176 g/mol. The van der Waals surface area contributed by atoms with Gasteiger partial charge < -0.3 is 5.32 Å². The van der Waals surface area contributed by atoms with Gasteiger partial charge in [0.15, 0.2) is 5.65 Å². The van der Waals surface area contributed by atoms with Gasteiger partial charge in [-0.05, 0) is 18.6 Å². The average Bonchev–Trinajstić information content (AvgIpc) is 2.59. The highest BCUT2D eigenvalue weighted by Gasteiger charge is 2.02. The highest BCUT2D eigenvalue weighted by Crippen LogP contribution is 2.08. The maximum atomic E-state index is 4.37. The van der Waals surface area contributed by atoms with Crippen LogP contribution in [0.3, 0.4) is 0 Å². The number of anilines is 1. The standard InChI is InChI=1S/C9H12N4/c1-3-7-6-11-9-5-4-8(10-2)12-13(7)9/h4-6H,3H2,1-2H3,(H,10,12). The summed E-state index contributed by atoms with van der Waals surface area (Å²) < 4.78 is 1.87. The molecule has 0 radical (unpaired) electrons. The third-order valence-corrected chi connectivity index (χ3v) is 2.05. The topological polar surface area (TPSA) is 42.2 Å². The predicted octanol–water partition coefficient (Wildman–Crippen LogP) is 1.33. The van der Waals surface area contributed by atoms with Gasteiger partial charge in [-0.25, -0.2) is 9.50 Å². The molecule has 0 saturated carbocycles. The maximum Gasteiger partial charge on any atom is 0.153 e. The molecule has 0 bridgehead atoms. The highest BCUT2D eigenvalue weighted by molar-refractivity contribution is 5.44. The monoisotopic (exact) mass is 176 g/mol. The van der Waals surface area contributed by atoms with E-state index in [-0.39, 0.29) is 0 Å². The van der Waals surface area contributed by atoms with Crippen LogP contribution in [-0.4, -0.2) is 21.6 Å². The fraction of sp³-hybridized carbons (Fsp3) is 0.333. The van der Waals surface area contributed by atoms with Gasteiger partial charge >= 0.3 is 0 Å². The molecule has 4 nitrogen and oxygen atoms in total. The first kappa shape index (κ1) is 8.04. The largest absolute Gasteiger partial charge is 0.372 e. The summed E-state index contributed by atoms with van der Waals surface area (Å²) in [5, 5.41) is 7.37. The second kappa shape index (κ2) is 3.05. The molecule has 0 saturated heterocycles. The third-order valence-electron chi connectivity index (χ3n) is 2.05. The van der Waals surface area contributed by atoms with Gasteiger partial charge in [-0.1, -0.05) is 6.92 Å². The number of aromatic nitrogens is 3. The fourth-order valence-corrected chi connectivity index (χ4v) is 1.30. The van der Waals surface area contributed by atoms with Crippen molar-refractivity contribution in [1.82, 2.24) is 14.6 Å². The van der Waals surface area contributed by atoms with Crippen LogP contribution in [0.1, 0.15) is 12.6 Å². The van der Waals surface area contributed by atoms with Crippen molar-refractivity contribution >= 4 is 11.5 Å². The zero-order valence-electron chi connectivity index (χ0n) is 7.78. The number of hydrogen-bond acceptors (Lipinski definition) is 3. The van der Waals surface area contributed by atoms with E-state index in [9.17, 15) is 0 Å². The van der Waals surface area contributed by atoms with E-state index in [1.807, 2.05) is 29.9 Å². The van der Waals surface area contributed by atoms with E-state index in [2.05, 4.69) is 22.3 Å². The summed E-state index contributed by atoms with van der Waals surface area (Å²) in [6.07, 6.45) is 2.81. The van der Waals surface area contributed by atoms with E-state index >= 15 is 0 Å². The molecule has 0 unspecified atom stereocenters. The lowest BCUT2D eigenvalue weighted by Gasteiger charge is -2.00. The quantitative estimate of drug-likeness (QED) is 0.750. The Balaban J connectivity index is 2.64. The first-order valence-electron chi connectivity index (χ1n) is 4.36. The lowest BCUT2D eigenvalue weighted by Crippen LogP contribution is -2.00. The first-order chi connectivity index (χ1) is 6.35. The van der Waals surface area contributed by atoms with Crippen molar-refractivity contribution < 1.29 is 0 Å². The summed E-state index contributed by atoms with van der Waals surface area (Å²) in [6, 6.07) is 3.87. The van der Waals surface area contributed by atoms with E-state index in [0.717, 1.165) is 23.6 Å². The Morgan fingerprint density at radius 3 is 3.00 bits per heavy atom. The maximum absolute atomic E-state index is 4.37. The molecule has 0 amide bonds. The Hall–Kier alpha value is -1.58. The smallest absolute Gasteiger partial charge is 0.153 e. The van der Waals surface area contributed by atoms with Crippen LogP contribution in [0.25, 0.3) is 5.65 Å². The predicted molar refractivity (Wildman–Crippen MR) is 51.9 cm³/mol. The lowest BCUT2D eigenvalue weighted by molar-refractivity contribution is 0.862. The molecule has 2 heterocycles. The molecular weight excluding hydrogens is 164 g/mol. The summed E-state index contributed by atoms with van der Waals surface area (Å²) in [4.78, 5) is 4.24. The van der Waals surface area contributed by atoms with Crippen molar-refractivity contribution in [3.8, 4) is 0 Å². The Morgan fingerprint density at radius 2 is 2.31 bits per heavy atom.